The zero-order valence-corrected chi connectivity index (χ0v) is 13.4. The van der Waals surface area contributed by atoms with Gasteiger partial charge in [0.25, 0.3) is 10.0 Å². The van der Waals surface area contributed by atoms with E-state index in [0.29, 0.717) is 16.0 Å². The molecule has 0 saturated carbocycles. The molecule has 0 spiro atoms. The third-order valence-corrected chi connectivity index (χ3v) is 4.69. The molecule has 1 heterocycles. The lowest BCUT2D eigenvalue weighted by Crippen LogP contribution is -2.13. The third-order valence-electron chi connectivity index (χ3n) is 2.67. The fourth-order valence-electron chi connectivity index (χ4n) is 1.62. The third kappa shape index (κ3) is 3.29. The van der Waals surface area contributed by atoms with E-state index in [-0.39, 0.29) is 4.90 Å². The number of pyridine rings is 1. The number of benzene rings is 1. The van der Waals surface area contributed by atoms with Crippen LogP contribution in [0.2, 0.25) is 0 Å². The first kappa shape index (κ1) is 14.8. The van der Waals surface area contributed by atoms with Crippen LogP contribution in [-0.4, -0.2) is 20.4 Å². The summed E-state index contributed by atoms with van der Waals surface area (Å²) in [6.45, 7) is 1.94. The summed E-state index contributed by atoms with van der Waals surface area (Å²) < 4.78 is 27.9. The van der Waals surface area contributed by atoms with Crippen molar-refractivity contribution in [2.75, 3.05) is 17.1 Å². The van der Waals surface area contributed by atoms with Gasteiger partial charge in [-0.3, -0.25) is 4.72 Å². The molecule has 0 bridgehead atoms. The Balaban J connectivity index is 2.35. The van der Waals surface area contributed by atoms with Gasteiger partial charge in [-0.15, -0.1) is 0 Å². The molecule has 106 valence electrons. The molecule has 0 amide bonds. The molecule has 2 N–H and O–H groups in total. The normalized spacial score (nSPS) is 11.2. The molecule has 1 aromatic carbocycles. The number of aromatic nitrogens is 1. The van der Waals surface area contributed by atoms with Gasteiger partial charge in [0.15, 0.2) is 0 Å². The lowest BCUT2D eigenvalue weighted by Gasteiger charge is -2.11. The molecule has 1 aromatic heterocycles. The number of halogens is 1. The Hall–Kier alpha value is -1.60. The van der Waals surface area contributed by atoms with Crippen LogP contribution >= 0.6 is 15.9 Å². The smallest absolute Gasteiger partial charge is 0.262 e. The van der Waals surface area contributed by atoms with Crippen molar-refractivity contribution in [3.63, 3.8) is 0 Å². The average Bonchev–Trinajstić information content (AvgIpc) is 2.42. The highest BCUT2D eigenvalue weighted by Gasteiger charge is 2.16. The first-order valence-corrected chi connectivity index (χ1v) is 8.13. The lowest BCUT2D eigenvalue weighted by atomic mass is 10.2. The molecule has 5 nitrogen and oxygen atoms in total. The summed E-state index contributed by atoms with van der Waals surface area (Å²) >= 11 is 3.35. The number of nitrogens with one attached hydrogen (secondary N) is 2. The highest BCUT2D eigenvalue weighted by Crippen LogP contribution is 2.26. The summed E-state index contributed by atoms with van der Waals surface area (Å²) in [6, 6.07) is 8.34. The summed E-state index contributed by atoms with van der Waals surface area (Å²) in [5.74, 6) is 0.496. The monoisotopic (exact) mass is 355 g/mol. The van der Waals surface area contributed by atoms with Crippen LogP contribution in [0.25, 0.3) is 0 Å². The Labute approximate surface area is 126 Å². The molecule has 2 aromatic rings. The maximum absolute atomic E-state index is 12.3. The van der Waals surface area contributed by atoms with Crippen molar-refractivity contribution in [3.8, 4) is 0 Å². The van der Waals surface area contributed by atoms with E-state index in [9.17, 15) is 8.42 Å². The summed E-state index contributed by atoms with van der Waals surface area (Å²) in [4.78, 5) is 4.15. The molecule has 7 heteroatoms. The Morgan fingerprint density at radius 1 is 1.20 bits per heavy atom. The second-order valence-electron chi connectivity index (χ2n) is 4.22. The number of hydrogen-bond acceptors (Lipinski definition) is 4. The molecule has 0 saturated heterocycles. The van der Waals surface area contributed by atoms with E-state index < -0.39 is 10.0 Å². The van der Waals surface area contributed by atoms with Gasteiger partial charge in [0.1, 0.15) is 5.82 Å². The van der Waals surface area contributed by atoms with E-state index >= 15 is 0 Å². The number of hydrogen-bond donors (Lipinski definition) is 2. The maximum Gasteiger partial charge on any atom is 0.262 e. The highest BCUT2D eigenvalue weighted by molar-refractivity contribution is 9.10. The van der Waals surface area contributed by atoms with Crippen LogP contribution in [0.1, 0.15) is 5.56 Å². The van der Waals surface area contributed by atoms with Gasteiger partial charge in [0, 0.05) is 23.8 Å². The van der Waals surface area contributed by atoms with Crippen molar-refractivity contribution < 1.29 is 8.42 Å². The van der Waals surface area contributed by atoms with Gasteiger partial charge in [-0.2, -0.15) is 0 Å². The summed E-state index contributed by atoms with van der Waals surface area (Å²) in [7, 11) is -1.96. The average molecular weight is 356 g/mol. The number of nitrogens with zero attached hydrogens (tertiary/aromatic N) is 1. The first-order valence-electron chi connectivity index (χ1n) is 5.85. The van der Waals surface area contributed by atoms with Crippen molar-refractivity contribution in [1.29, 1.82) is 0 Å². The second-order valence-corrected chi connectivity index (χ2v) is 6.75. The summed E-state index contributed by atoms with van der Waals surface area (Å²) in [6.07, 6.45) is 1.45. The molecule has 0 aliphatic carbocycles. The van der Waals surface area contributed by atoms with E-state index in [0.717, 1.165) is 5.56 Å². The van der Waals surface area contributed by atoms with Crippen molar-refractivity contribution in [2.24, 2.45) is 0 Å². The highest BCUT2D eigenvalue weighted by atomic mass is 79.9. The lowest BCUT2D eigenvalue weighted by molar-refractivity contribution is 0.601. The molecule has 0 aliphatic heterocycles. The zero-order chi connectivity index (χ0) is 14.8. The van der Waals surface area contributed by atoms with Crippen LogP contribution in [-0.2, 0) is 10.0 Å². The fraction of sp³-hybridized carbons (Fsp3) is 0.154. The Morgan fingerprint density at radius 2 is 1.95 bits per heavy atom. The molecule has 20 heavy (non-hydrogen) atoms. The predicted octanol–water partition coefficient (Wildman–Crippen LogP) is 3.00. The standard InChI is InChI=1S/C13H14BrN3O2S/c1-9-3-4-12(11(14)7-9)17-20(18,19)10-5-6-16-13(8-10)15-2/h3-8,17H,1-2H3,(H,15,16). The second kappa shape index (κ2) is 5.80. The Kier molecular flexibility index (Phi) is 4.29. The molecule has 2 rings (SSSR count). The van der Waals surface area contributed by atoms with Crippen LogP contribution in [0.5, 0.6) is 0 Å². The molecular formula is C13H14BrN3O2S. The molecule has 0 radical (unpaired) electrons. The SMILES string of the molecule is CNc1cc(S(=O)(=O)Nc2ccc(C)cc2Br)ccn1. The summed E-state index contributed by atoms with van der Waals surface area (Å²) in [5.41, 5.74) is 1.54. The van der Waals surface area contributed by atoms with Gasteiger partial charge in [0.05, 0.1) is 10.6 Å². The van der Waals surface area contributed by atoms with Crippen LogP contribution in [0.4, 0.5) is 11.5 Å². The minimum Gasteiger partial charge on any atom is -0.373 e. The van der Waals surface area contributed by atoms with Crippen LogP contribution in [0, 0.1) is 6.92 Å². The zero-order valence-electron chi connectivity index (χ0n) is 11.0. The van der Waals surface area contributed by atoms with Gasteiger partial charge < -0.3 is 5.32 Å². The van der Waals surface area contributed by atoms with Gasteiger partial charge in [0.2, 0.25) is 0 Å². The number of rotatable bonds is 4. The molecule has 0 atom stereocenters. The molecule has 0 fully saturated rings. The first-order chi connectivity index (χ1) is 9.42. The molecule has 0 aliphatic rings. The minimum absolute atomic E-state index is 0.157. The number of aryl methyl sites for hydroxylation is 1. The molecule has 0 unspecified atom stereocenters. The van der Waals surface area contributed by atoms with Crippen molar-refractivity contribution in [3.05, 3.63) is 46.6 Å². The molecular weight excluding hydrogens is 342 g/mol. The Morgan fingerprint density at radius 3 is 2.60 bits per heavy atom. The summed E-state index contributed by atoms with van der Waals surface area (Å²) in [5, 5.41) is 2.81. The van der Waals surface area contributed by atoms with E-state index in [1.54, 1.807) is 13.1 Å². The maximum atomic E-state index is 12.3. The topological polar surface area (TPSA) is 71.1 Å². The van der Waals surface area contributed by atoms with Gasteiger partial charge in [-0.25, -0.2) is 13.4 Å². The van der Waals surface area contributed by atoms with E-state index in [2.05, 4.69) is 31.0 Å². The minimum atomic E-state index is -3.64. The van der Waals surface area contributed by atoms with Crippen molar-refractivity contribution in [2.45, 2.75) is 11.8 Å². The van der Waals surface area contributed by atoms with Gasteiger partial charge in [-0.05, 0) is 46.6 Å². The van der Waals surface area contributed by atoms with E-state index in [1.165, 1.54) is 18.3 Å². The van der Waals surface area contributed by atoms with Crippen LogP contribution in [0.3, 0.4) is 0 Å². The van der Waals surface area contributed by atoms with Crippen molar-refractivity contribution >= 4 is 37.5 Å². The fourth-order valence-corrected chi connectivity index (χ4v) is 3.44. The van der Waals surface area contributed by atoms with Gasteiger partial charge in [-0.1, -0.05) is 6.07 Å². The number of anilines is 2. The van der Waals surface area contributed by atoms with Gasteiger partial charge >= 0.3 is 0 Å². The van der Waals surface area contributed by atoms with Crippen LogP contribution in [0.15, 0.2) is 45.9 Å². The predicted molar refractivity (Wildman–Crippen MR) is 83.5 cm³/mol. The quantitative estimate of drug-likeness (QED) is 0.884. The van der Waals surface area contributed by atoms with E-state index in [1.807, 2.05) is 19.1 Å². The Bertz CT molecular complexity index is 732. The van der Waals surface area contributed by atoms with Crippen molar-refractivity contribution in [1.82, 2.24) is 4.98 Å². The largest absolute Gasteiger partial charge is 0.373 e. The number of sulfonamides is 1. The van der Waals surface area contributed by atoms with E-state index in [4.69, 9.17) is 0 Å². The van der Waals surface area contributed by atoms with Crippen LogP contribution < -0.4 is 10.0 Å².